The van der Waals surface area contributed by atoms with Gasteiger partial charge in [-0.25, -0.2) is 0 Å². The van der Waals surface area contributed by atoms with Crippen molar-refractivity contribution < 1.29 is 9.59 Å². The number of allylic oxidation sites excluding steroid dienone is 4. The van der Waals surface area contributed by atoms with Gasteiger partial charge in [-0.1, -0.05) is 124 Å². The predicted octanol–water partition coefficient (Wildman–Crippen LogP) is 9.95. The van der Waals surface area contributed by atoms with E-state index in [4.69, 9.17) is 0 Å². The summed E-state index contributed by atoms with van der Waals surface area (Å²) in [6, 6.07) is 18.1. The Hall–Kier alpha value is -3.71. The van der Waals surface area contributed by atoms with E-state index >= 15 is 0 Å². The zero-order valence-electron chi connectivity index (χ0n) is 27.4. The van der Waals surface area contributed by atoms with Gasteiger partial charge in [0.15, 0.2) is 0 Å². The van der Waals surface area contributed by atoms with Crippen molar-refractivity contribution in [2.24, 2.45) is 0 Å². The molecule has 0 radical (unpaired) electrons. The van der Waals surface area contributed by atoms with Crippen LogP contribution in [-0.4, -0.2) is 29.9 Å². The van der Waals surface area contributed by atoms with E-state index in [2.05, 4.69) is 56.0 Å². The molecule has 1 aliphatic rings. The molecule has 0 spiro atoms. The first-order valence-electron chi connectivity index (χ1n) is 14.9. The van der Waals surface area contributed by atoms with E-state index in [1.54, 1.807) is 12.2 Å². The molecule has 7 heteroatoms. The Morgan fingerprint density at radius 2 is 1.51 bits per heavy atom. The highest BCUT2D eigenvalue weighted by Crippen LogP contribution is 2.39. The van der Waals surface area contributed by atoms with E-state index in [0.29, 0.717) is 13.0 Å². The molecule has 4 rings (SSSR count). The van der Waals surface area contributed by atoms with Crippen molar-refractivity contribution >= 4 is 34.4 Å². The average Bonchev–Trinajstić information content (AvgIpc) is 3.82. The second-order valence-electron chi connectivity index (χ2n) is 8.76. The average molecular weight is 654 g/mol. The van der Waals surface area contributed by atoms with Gasteiger partial charge in [-0.05, 0) is 48.9 Å². The van der Waals surface area contributed by atoms with Gasteiger partial charge in [-0.2, -0.15) is 5.10 Å². The Kier molecular flexibility index (Phi) is 26.1. The minimum absolute atomic E-state index is 0.0687. The van der Waals surface area contributed by atoms with Crippen LogP contribution in [0.3, 0.4) is 0 Å². The summed E-state index contributed by atoms with van der Waals surface area (Å²) in [5.74, 6) is 1.65. The van der Waals surface area contributed by atoms with Crippen molar-refractivity contribution in [3.8, 4) is 11.1 Å². The molecule has 6 nitrogen and oxygen atoms in total. The molecule has 1 saturated carbocycles. The zero-order chi connectivity index (χ0) is 33.0. The number of hydrogen-bond acceptors (Lipinski definition) is 4. The number of rotatable bonds is 9. The smallest absolute Gasteiger partial charge is 0.207 e. The Labute approximate surface area is 269 Å². The second-order valence-corrected chi connectivity index (χ2v) is 9.68. The number of aromatic nitrogens is 2. The first-order chi connectivity index (χ1) is 20.9. The first-order valence-corrected chi connectivity index (χ1v) is 15.7. The molecular weight excluding hydrogens is 600 g/mol. The normalized spacial score (nSPS) is 11.6. The van der Waals surface area contributed by atoms with Gasteiger partial charge < -0.3 is 15.4 Å². The van der Waals surface area contributed by atoms with Crippen LogP contribution in [0.2, 0.25) is 0 Å². The van der Waals surface area contributed by atoms with Crippen molar-refractivity contribution in [3.05, 3.63) is 107 Å². The van der Waals surface area contributed by atoms with Crippen molar-refractivity contribution in [3.63, 3.8) is 0 Å². The Balaban J connectivity index is 0. The Morgan fingerprint density at radius 3 is 1.86 bits per heavy atom. The zero-order valence-corrected chi connectivity index (χ0v) is 29.0. The number of nitrogens with one attached hydrogen (secondary N) is 3. The Morgan fingerprint density at radius 1 is 1.00 bits per heavy atom. The summed E-state index contributed by atoms with van der Waals surface area (Å²) < 4.78 is 1.04. The molecule has 1 amide bonds. The summed E-state index contributed by atoms with van der Waals surface area (Å²) >= 11 is 3.22. The Bertz CT molecular complexity index is 1160. The summed E-state index contributed by atoms with van der Waals surface area (Å²) in [6.07, 6.45) is 9.73. The van der Waals surface area contributed by atoms with Crippen molar-refractivity contribution in [2.75, 3.05) is 12.4 Å². The van der Waals surface area contributed by atoms with Gasteiger partial charge in [0.25, 0.3) is 0 Å². The van der Waals surface area contributed by atoms with Crippen LogP contribution in [-0.2, 0) is 16.1 Å². The molecule has 3 N–H and O–H groups in total. The minimum atomic E-state index is -0.0687. The van der Waals surface area contributed by atoms with Crippen LogP contribution in [0.15, 0.2) is 90.5 Å². The van der Waals surface area contributed by atoms with E-state index in [0.717, 1.165) is 44.8 Å². The lowest BCUT2D eigenvalue weighted by atomic mass is 9.98. The number of halogens is 1. The molecule has 1 unspecified atom stereocenters. The molecule has 0 aliphatic heterocycles. The van der Waals surface area contributed by atoms with Gasteiger partial charge in [0, 0.05) is 41.7 Å². The minimum Gasteiger partial charge on any atom is -0.372 e. The number of carbonyl (C=O) groups excluding carboxylic acids is 2. The van der Waals surface area contributed by atoms with Gasteiger partial charge in [0.1, 0.15) is 12.1 Å². The van der Waals surface area contributed by atoms with Gasteiger partial charge in [0.05, 0.1) is 0 Å². The maximum atomic E-state index is 10.8. The number of anilines is 1. The number of aromatic amines is 1. The van der Waals surface area contributed by atoms with Crippen LogP contribution in [0.4, 0.5) is 5.82 Å². The predicted molar refractivity (Wildman–Crippen MR) is 191 cm³/mol. The number of carbonyl (C=O) groups is 2. The van der Waals surface area contributed by atoms with Crippen molar-refractivity contribution in [1.29, 1.82) is 0 Å². The quantitative estimate of drug-likeness (QED) is 0.122. The summed E-state index contributed by atoms with van der Waals surface area (Å²) in [7, 11) is 1.88. The largest absolute Gasteiger partial charge is 0.372 e. The van der Waals surface area contributed by atoms with Crippen LogP contribution in [0.5, 0.6) is 0 Å². The summed E-state index contributed by atoms with van der Waals surface area (Å²) in [6.45, 7) is 21.1. The van der Waals surface area contributed by atoms with Crippen LogP contribution in [0.1, 0.15) is 90.0 Å². The van der Waals surface area contributed by atoms with Gasteiger partial charge in [-0.3, -0.25) is 9.89 Å². The molecule has 236 valence electrons. The van der Waals surface area contributed by atoms with E-state index < -0.39 is 0 Å². The third kappa shape index (κ3) is 18.4. The number of aldehydes is 1. The fourth-order valence-electron chi connectivity index (χ4n) is 3.22. The summed E-state index contributed by atoms with van der Waals surface area (Å²) in [4.78, 5) is 21.0. The number of hydrogen-bond donors (Lipinski definition) is 3. The second kappa shape index (κ2) is 27.1. The van der Waals surface area contributed by atoms with Crippen LogP contribution < -0.4 is 10.6 Å². The topological polar surface area (TPSA) is 86.9 Å². The highest BCUT2D eigenvalue weighted by Gasteiger charge is 2.25. The fraction of sp³-hybridized carbons (Fsp3) is 0.361. The molecule has 3 aromatic rings. The lowest BCUT2D eigenvalue weighted by Crippen LogP contribution is -2.09. The highest BCUT2D eigenvalue weighted by molar-refractivity contribution is 9.11. The number of nitrogens with zero attached hydrogens (tertiary/aromatic N) is 1. The lowest BCUT2D eigenvalue weighted by Gasteiger charge is -2.07. The molecule has 1 fully saturated rings. The molecule has 1 aromatic heterocycles. The van der Waals surface area contributed by atoms with Gasteiger partial charge in [-0.15, -0.1) is 6.58 Å². The molecule has 0 saturated heterocycles. The highest BCUT2D eigenvalue weighted by atomic mass is 79.9. The van der Waals surface area contributed by atoms with E-state index in [1.807, 2.05) is 110 Å². The molecule has 0 bridgehead atoms. The third-order valence-electron chi connectivity index (χ3n) is 5.66. The van der Waals surface area contributed by atoms with Gasteiger partial charge >= 0.3 is 0 Å². The molecule has 1 heterocycles. The van der Waals surface area contributed by atoms with Gasteiger partial charge in [0.2, 0.25) is 6.41 Å². The van der Waals surface area contributed by atoms with Crippen LogP contribution in [0, 0.1) is 0 Å². The summed E-state index contributed by atoms with van der Waals surface area (Å²) in [5.41, 5.74) is 5.60. The standard InChI is InChI=1S/C17H17NO2.C7H11N3.C5H7Br.C3H6.2C2H6/c1-13(11-19)15-6-8-17(9-7-15)16-4-2-14(3-5-16)10-18-12-20;1-8-7-4-6(9-10-7)5-2-3-5;1-3-5(6)4-2;1-3-2;2*1-2/h2-9,11-13H,10H2,1H3,(H,18,20);4-5H,2-3H2,1H3,(H2,8,9,10);3-4H,1H2,2H3;3H,1H2,2H3;2*1-2H3/b;;5-4+;;;. The fourth-order valence-corrected chi connectivity index (χ4v) is 3.22. The molecule has 1 atom stereocenters. The third-order valence-corrected chi connectivity index (χ3v) is 6.44. The van der Waals surface area contributed by atoms with Crippen molar-refractivity contribution in [2.45, 2.75) is 79.7 Å². The number of H-pyrrole nitrogens is 1. The number of benzene rings is 2. The maximum absolute atomic E-state index is 10.8. The first kappa shape index (κ1) is 41.4. The van der Waals surface area contributed by atoms with E-state index in [9.17, 15) is 9.59 Å². The number of amides is 1. The van der Waals surface area contributed by atoms with Crippen LogP contribution in [0.25, 0.3) is 11.1 Å². The lowest BCUT2D eigenvalue weighted by molar-refractivity contribution is -0.110. The van der Waals surface area contributed by atoms with E-state index in [-0.39, 0.29) is 5.92 Å². The molecular formula is C36H53BrN4O2. The van der Waals surface area contributed by atoms with Crippen LogP contribution >= 0.6 is 15.9 Å². The molecule has 2 aromatic carbocycles. The maximum Gasteiger partial charge on any atom is 0.207 e. The summed E-state index contributed by atoms with van der Waals surface area (Å²) in [5, 5.41) is 12.7. The molecule has 43 heavy (non-hydrogen) atoms. The SMILES string of the molecule is C=C/C(Br)=C\C.C=CC.CC.CC.CC(C=O)c1ccc(-c2ccc(CNC=O)cc2)cc1.CNc1cc(C2CC2)[nH]n1. The molecule has 1 aliphatic carbocycles. The monoisotopic (exact) mass is 652 g/mol. The van der Waals surface area contributed by atoms with Crippen molar-refractivity contribution in [1.82, 2.24) is 15.5 Å². The van der Waals surface area contributed by atoms with E-state index in [1.165, 1.54) is 18.5 Å².